The summed E-state index contributed by atoms with van der Waals surface area (Å²) in [4.78, 5) is 21.6. The summed E-state index contributed by atoms with van der Waals surface area (Å²) < 4.78 is 10.7. The lowest BCUT2D eigenvalue weighted by molar-refractivity contribution is -0.148. The van der Waals surface area contributed by atoms with Crippen molar-refractivity contribution >= 4 is 26.6 Å². The van der Waals surface area contributed by atoms with Crippen LogP contribution in [0.3, 0.4) is 0 Å². The van der Waals surface area contributed by atoms with E-state index in [-0.39, 0.29) is 6.42 Å². The third kappa shape index (κ3) is 6.62. The van der Waals surface area contributed by atoms with Gasteiger partial charge in [-0.1, -0.05) is 37.4 Å². The molecule has 1 rings (SSSR count). The molecule has 0 aliphatic carbocycles. The van der Waals surface area contributed by atoms with Crippen LogP contribution < -0.4 is 14.7 Å². The van der Waals surface area contributed by atoms with E-state index in [2.05, 4.69) is 0 Å². The van der Waals surface area contributed by atoms with Gasteiger partial charge in [0.15, 0.2) is 11.5 Å². The minimum absolute atomic E-state index is 0.307. The molecule has 132 valence electrons. The third-order valence-electron chi connectivity index (χ3n) is 3.72. The maximum absolute atomic E-state index is 11.0. The molecule has 0 amide bonds. The van der Waals surface area contributed by atoms with Crippen LogP contribution in [0.2, 0.25) is 6.04 Å². The summed E-state index contributed by atoms with van der Waals surface area (Å²) in [6.45, 7) is 0. The molecule has 0 aliphatic heterocycles. The number of carboxylic acid groups (broad SMARTS) is 2. The molecule has 0 spiro atoms. The Labute approximate surface area is 144 Å². The molecule has 0 aromatic heterocycles. The fraction of sp³-hybridized carbons (Fsp3) is 0.529. The Morgan fingerprint density at radius 2 is 1.88 bits per heavy atom. The number of para-hydroxylation sites is 1. The number of hydrogen-bond acceptors (Lipinski definition) is 4. The van der Waals surface area contributed by atoms with E-state index in [9.17, 15) is 9.59 Å². The number of aliphatic carboxylic acids is 2. The van der Waals surface area contributed by atoms with Crippen molar-refractivity contribution in [3.63, 3.8) is 0 Å². The number of ether oxygens (including phenoxy) is 2. The van der Waals surface area contributed by atoms with E-state index in [1.807, 2.05) is 18.2 Å². The summed E-state index contributed by atoms with van der Waals surface area (Å²) >= 11 is 0. The van der Waals surface area contributed by atoms with Gasteiger partial charge in [0.25, 0.3) is 0 Å². The van der Waals surface area contributed by atoms with Gasteiger partial charge in [0.1, 0.15) is 0 Å². The van der Waals surface area contributed by atoms with Crippen LogP contribution in [-0.2, 0) is 9.59 Å². The largest absolute Gasteiger partial charge is 0.493 e. The second-order valence-electron chi connectivity index (χ2n) is 5.45. The minimum atomic E-state index is -1.06. The molecule has 2 N–H and O–H groups in total. The van der Waals surface area contributed by atoms with Gasteiger partial charge >= 0.3 is 11.9 Å². The van der Waals surface area contributed by atoms with Crippen molar-refractivity contribution in [2.75, 3.05) is 14.2 Å². The molecule has 0 bridgehead atoms. The summed E-state index contributed by atoms with van der Waals surface area (Å²) in [6.07, 6.45) is 2.69. The molecule has 0 fully saturated rings. The number of benzene rings is 1. The Kier molecular flexibility index (Phi) is 8.92. The fourth-order valence-corrected chi connectivity index (χ4v) is 3.76. The summed E-state index contributed by atoms with van der Waals surface area (Å²) in [6, 6.07) is 6.81. The van der Waals surface area contributed by atoms with Crippen molar-refractivity contribution < 1.29 is 29.3 Å². The minimum Gasteiger partial charge on any atom is -0.493 e. The quantitative estimate of drug-likeness (QED) is 0.442. The second kappa shape index (κ2) is 10.7. The molecule has 0 aliphatic rings. The summed E-state index contributed by atoms with van der Waals surface area (Å²) in [5.41, 5.74) is 0. The van der Waals surface area contributed by atoms with Crippen LogP contribution in [-0.4, -0.2) is 45.9 Å². The monoisotopic (exact) mass is 352 g/mol. The van der Waals surface area contributed by atoms with E-state index >= 15 is 0 Å². The zero-order chi connectivity index (χ0) is 17.9. The number of hydrogen-bond donors (Lipinski definition) is 2. The van der Waals surface area contributed by atoms with Crippen molar-refractivity contribution in [2.45, 2.75) is 38.1 Å². The molecule has 1 atom stereocenters. The molecule has 1 aromatic rings. The highest BCUT2D eigenvalue weighted by molar-refractivity contribution is 6.54. The van der Waals surface area contributed by atoms with E-state index in [0.29, 0.717) is 15.9 Å². The van der Waals surface area contributed by atoms with Gasteiger partial charge in [-0.05, 0) is 17.7 Å². The van der Waals surface area contributed by atoms with E-state index < -0.39 is 17.9 Å². The van der Waals surface area contributed by atoms with Crippen LogP contribution in [0, 0.1) is 5.92 Å². The van der Waals surface area contributed by atoms with Gasteiger partial charge in [0.2, 0.25) is 0 Å². The van der Waals surface area contributed by atoms with Gasteiger partial charge in [-0.15, -0.1) is 0 Å². The first-order valence-electron chi connectivity index (χ1n) is 7.89. The zero-order valence-electron chi connectivity index (χ0n) is 14.1. The Morgan fingerprint density at radius 1 is 1.12 bits per heavy atom. The molecule has 24 heavy (non-hydrogen) atoms. The molecule has 0 saturated carbocycles. The smallest absolute Gasteiger partial charge is 0.307 e. The number of unbranched alkanes of at least 4 members (excludes halogenated alkanes) is 2. The van der Waals surface area contributed by atoms with E-state index in [1.165, 1.54) is 0 Å². The van der Waals surface area contributed by atoms with Gasteiger partial charge in [0, 0.05) is 0 Å². The highest BCUT2D eigenvalue weighted by Crippen LogP contribution is 2.23. The lowest BCUT2D eigenvalue weighted by atomic mass is 9.98. The van der Waals surface area contributed by atoms with Gasteiger partial charge in [-0.3, -0.25) is 9.59 Å². The van der Waals surface area contributed by atoms with Gasteiger partial charge in [-0.25, -0.2) is 0 Å². The van der Waals surface area contributed by atoms with Crippen molar-refractivity contribution in [3.8, 4) is 11.5 Å². The maximum atomic E-state index is 11.0. The first-order chi connectivity index (χ1) is 11.5. The summed E-state index contributed by atoms with van der Waals surface area (Å²) in [5.74, 6) is -1.39. The normalized spacial score (nSPS) is 11.8. The van der Waals surface area contributed by atoms with Crippen LogP contribution in [0.15, 0.2) is 18.2 Å². The molecular formula is C17H24O6Si. The van der Waals surface area contributed by atoms with E-state index in [1.54, 1.807) is 14.2 Å². The van der Waals surface area contributed by atoms with Crippen molar-refractivity contribution in [1.29, 1.82) is 0 Å². The van der Waals surface area contributed by atoms with Gasteiger partial charge in [0.05, 0.1) is 36.1 Å². The summed E-state index contributed by atoms with van der Waals surface area (Å²) in [5, 5.41) is 18.8. The predicted molar refractivity (Wildman–Crippen MR) is 91.6 cm³/mol. The van der Waals surface area contributed by atoms with Crippen LogP contribution >= 0.6 is 0 Å². The number of carboxylic acids is 2. The standard InChI is InChI=1S/C17H24O6Si/c1-22-13-8-6-9-14(16(13)23-2)24-10-5-3-4-7-12(17(20)21)11-15(18)19/h6,8-9,12H,3-5,7,10-11H2,1-2H3,(H,18,19)(H,20,21). The van der Waals surface area contributed by atoms with Crippen molar-refractivity contribution in [3.05, 3.63) is 18.2 Å². The first-order valence-corrected chi connectivity index (χ1v) is 9.09. The lowest BCUT2D eigenvalue weighted by Crippen LogP contribution is -2.18. The lowest BCUT2D eigenvalue weighted by Gasteiger charge is -2.12. The maximum Gasteiger partial charge on any atom is 0.307 e. The van der Waals surface area contributed by atoms with Crippen LogP contribution in [0.25, 0.3) is 0 Å². The molecule has 6 nitrogen and oxygen atoms in total. The van der Waals surface area contributed by atoms with Crippen molar-refractivity contribution in [2.24, 2.45) is 5.92 Å². The summed E-state index contributed by atoms with van der Waals surface area (Å²) in [7, 11) is 3.83. The predicted octanol–water partition coefficient (Wildman–Crippen LogP) is 2.19. The number of methoxy groups -OCH3 is 2. The average Bonchev–Trinajstić information content (AvgIpc) is 2.55. The molecule has 1 unspecified atom stereocenters. The molecule has 0 heterocycles. The Morgan fingerprint density at radius 3 is 2.46 bits per heavy atom. The van der Waals surface area contributed by atoms with Crippen LogP contribution in [0.5, 0.6) is 11.5 Å². The Bertz CT molecular complexity index is 546. The molecule has 0 saturated heterocycles. The molecule has 7 heteroatoms. The first kappa shape index (κ1) is 20.0. The Hall–Kier alpha value is -2.02. The second-order valence-corrected chi connectivity index (χ2v) is 6.84. The highest BCUT2D eigenvalue weighted by Gasteiger charge is 2.20. The van der Waals surface area contributed by atoms with Crippen LogP contribution in [0.1, 0.15) is 32.1 Å². The van der Waals surface area contributed by atoms with Gasteiger partial charge in [-0.2, -0.15) is 0 Å². The zero-order valence-corrected chi connectivity index (χ0v) is 15.1. The Balaban J connectivity index is 2.34. The highest BCUT2D eigenvalue weighted by atomic mass is 28.2. The molecule has 2 radical (unpaired) electrons. The van der Waals surface area contributed by atoms with Crippen LogP contribution in [0.4, 0.5) is 0 Å². The van der Waals surface area contributed by atoms with E-state index in [4.69, 9.17) is 19.7 Å². The third-order valence-corrected chi connectivity index (χ3v) is 5.10. The van der Waals surface area contributed by atoms with Gasteiger partial charge < -0.3 is 19.7 Å². The topological polar surface area (TPSA) is 93.1 Å². The van der Waals surface area contributed by atoms with Crippen molar-refractivity contribution in [1.82, 2.24) is 0 Å². The molecule has 1 aromatic carbocycles. The SMILES string of the molecule is COc1cccc([Si]CCCCCC(CC(=O)O)C(=O)O)c1OC. The number of carbonyl (C=O) groups is 2. The number of rotatable bonds is 12. The fourth-order valence-electron chi connectivity index (χ4n) is 2.47. The molecular weight excluding hydrogens is 328 g/mol. The van der Waals surface area contributed by atoms with E-state index in [0.717, 1.165) is 42.0 Å². The average molecular weight is 352 g/mol.